The molecule has 2 rings (SSSR count). The second-order valence-electron chi connectivity index (χ2n) is 7.15. The molecule has 0 saturated carbocycles. The van der Waals surface area contributed by atoms with Crippen molar-refractivity contribution in [1.82, 2.24) is 20.8 Å². The topological polar surface area (TPSA) is 93.8 Å². The highest BCUT2D eigenvalue weighted by molar-refractivity contribution is 5.79. The van der Waals surface area contributed by atoms with E-state index in [2.05, 4.69) is 30.5 Å². The summed E-state index contributed by atoms with van der Waals surface area (Å²) in [4.78, 5) is 8.50. The van der Waals surface area contributed by atoms with E-state index < -0.39 is 6.61 Å². The second kappa shape index (κ2) is 12.7. The molecule has 0 saturated heterocycles. The first-order valence-electron chi connectivity index (χ1n) is 10.4. The van der Waals surface area contributed by atoms with E-state index in [1.807, 2.05) is 20.8 Å². The number of hydrogen-bond acceptors (Lipinski definition) is 6. The summed E-state index contributed by atoms with van der Waals surface area (Å²) in [7, 11) is 1.64. The number of nitrogens with one attached hydrogen (secondary N) is 2. The number of rotatable bonds is 12. The van der Waals surface area contributed by atoms with Crippen molar-refractivity contribution in [2.24, 2.45) is 4.99 Å². The van der Waals surface area contributed by atoms with E-state index in [9.17, 15) is 8.78 Å². The van der Waals surface area contributed by atoms with Crippen LogP contribution in [0.15, 0.2) is 27.7 Å². The Hall–Kier alpha value is -2.91. The molecule has 2 aromatic rings. The molecule has 0 bridgehead atoms. The molecule has 0 aliphatic rings. The van der Waals surface area contributed by atoms with Gasteiger partial charge in [0.25, 0.3) is 0 Å². The molecule has 0 radical (unpaired) electrons. The molecule has 1 aromatic carbocycles. The van der Waals surface area contributed by atoms with Crippen LogP contribution in [0.2, 0.25) is 0 Å². The molecular weight excluding hydrogens is 408 g/mol. The van der Waals surface area contributed by atoms with E-state index in [1.165, 1.54) is 6.07 Å². The first kappa shape index (κ1) is 24.4. The van der Waals surface area contributed by atoms with Crippen LogP contribution in [0.25, 0.3) is 0 Å². The van der Waals surface area contributed by atoms with Crippen LogP contribution >= 0.6 is 0 Å². The number of benzene rings is 1. The number of alkyl halides is 2. The standard InChI is InChI=1S/C21H31F2N5O3/c1-5-11-29-16-9-8-15(17(12-16)30-20(22)23)13-26-21(24-4)25-10-6-7-18-27-19(14(2)3)28-31-18/h8-9,12,14,20H,5-7,10-11,13H2,1-4H3,(H2,24,25,26). The molecule has 0 unspecified atom stereocenters. The summed E-state index contributed by atoms with van der Waals surface area (Å²) in [6.07, 6.45) is 2.24. The van der Waals surface area contributed by atoms with Crippen LogP contribution in [0, 0.1) is 0 Å². The second-order valence-corrected chi connectivity index (χ2v) is 7.15. The van der Waals surface area contributed by atoms with Gasteiger partial charge in [-0.15, -0.1) is 0 Å². The van der Waals surface area contributed by atoms with Gasteiger partial charge in [0.05, 0.1) is 6.61 Å². The maximum atomic E-state index is 12.8. The normalized spacial score (nSPS) is 11.8. The number of aromatic nitrogens is 2. The van der Waals surface area contributed by atoms with Crippen LogP contribution in [-0.4, -0.2) is 42.9 Å². The molecule has 31 heavy (non-hydrogen) atoms. The van der Waals surface area contributed by atoms with Gasteiger partial charge < -0.3 is 24.6 Å². The molecule has 172 valence electrons. The smallest absolute Gasteiger partial charge is 0.387 e. The molecule has 0 spiro atoms. The Morgan fingerprint density at radius 1 is 1.26 bits per heavy atom. The number of nitrogens with zero attached hydrogens (tertiary/aromatic N) is 3. The summed E-state index contributed by atoms with van der Waals surface area (Å²) in [5.41, 5.74) is 0.569. The van der Waals surface area contributed by atoms with E-state index in [4.69, 9.17) is 9.26 Å². The van der Waals surface area contributed by atoms with Gasteiger partial charge in [-0.25, -0.2) is 0 Å². The number of ether oxygens (including phenoxy) is 2. The minimum Gasteiger partial charge on any atom is -0.493 e. The number of hydrogen-bond donors (Lipinski definition) is 2. The number of halogens is 2. The van der Waals surface area contributed by atoms with Crippen LogP contribution in [0.1, 0.15) is 56.8 Å². The van der Waals surface area contributed by atoms with Gasteiger partial charge in [0, 0.05) is 44.1 Å². The Morgan fingerprint density at radius 2 is 2.06 bits per heavy atom. The Kier molecular flexibility index (Phi) is 9.99. The lowest BCUT2D eigenvalue weighted by atomic mass is 10.2. The summed E-state index contributed by atoms with van der Waals surface area (Å²) >= 11 is 0. The molecule has 0 aliphatic carbocycles. The first-order chi connectivity index (χ1) is 14.9. The van der Waals surface area contributed by atoms with Crippen LogP contribution < -0.4 is 20.1 Å². The van der Waals surface area contributed by atoms with Gasteiger partial charge in [0.15, 0.2) is 11.8 Å². The zero-order chi connectivity index (χ0) is 22.6. The van der Waals surface area contributed by atoms with Crippen molar-refractivity contribution in [2.45, 2.75) is 59.1 Å². The van der Waals surface area contributed by atoms with Crippen molar-refractivity contribution in [2.75, 3.05) is 20.2 Å². The molecule has 10 heteroatoms. The predicted octanol–water partition coefficient (Wildman–Crippen LogP) is 3.88. The van der Waals surface area contributed by atoms with E-state index >= 15 is 0 Å². The SMILES string of the molecule is CCCOc1ccc(CNC(=NC)NCCCc2nc(C(C)C)no2)c(OC(F)F)c1. The largest absolute Gasteiger partial charge is 0.493 e. The maximum absolute atomic E-state index is 12.8. The van der Waals surface area contributed by atoms with Gasteiger partial charge in [0.1, 0.15) is 11.5 Å². The van der Waals surface area contributed by atoms with Gasteiger partial charge in [-0.2, -0.15) is 13.8 Å². The molecule has 0 fully saturated rings. The molecule has 0 aliphatic heterocycles. The summed E-state index contributed by atoms with van der Waals surface area (Å²) in [6, 6.07) is 4.91. The van der Waals surface area contributed by atoms with Crippen molar-refractivity contribution in [3.05, 3.63) is 35.5 Å². The number of guanidine groups is 1. The van der Waals surface area contributed by atoms with Crippen LogP contribution in [0.3, 0.4) is 0 Å². The predicted molar refractivity (Wildman–Crippen MR) is 114 cm³/mol. The van der Waals surface area contributed by atoms with Gasteiger partial charge in [-0.05, 0) is 25.0 Å². The molecule has 1 heterocycles. The molecule has 2 N–H and O–H groups in total. The molecule has 0 amide bonds. The van der Waals surface area contributed by atoms with E-state index in [0.29, 0.717) is 48.6 Å². The summed E-state index contributed by atoms with van der Waals surface area (Å²) < 4.78 is 41.0. The summed E-state index contributed by atoms with van der Waals surface area (Å²) in [5.74, 6) is 2.64. The van der Waals surface area contributed by atoms with Gasteiger partial charge in [0.2, 0.25) is 5.89 Å². The first-order valence-corrected chi connectivity index (χ1v) is 10.4. The number of aliphatic imine (C=N–C) groups is 1. The quantitative estimate of drug-likeness (QED) is 0.294. The Bertz CT molecular complexity index is 827. The summed E-state index contributed by atoms with van der Waals surface area (Å²) in [6.45, 7) is 4.47. The van der Waals surface area contributed by atoms with E-state index in [-0.39, 0.29) is 18.2 Å². The number of aryl methyl sites for hydroxylation is 1. The highest BCUT2D eigenvalue weighted by Gasteiger charge is 2.13. The third kappa shape index (κ3) is 8.39. The van der Waals surface area contributed by atoms with Crippen LogP contribution in [0.5, 0.6) is 11.5 Å². The highest BCUT2D eigenvalue weighted by Crippen LogP contribution is 2.26. The lowest BCUT2D eigenvalue weighted by molar-refractivity contribution is -0.0505. The zero-order valence-corrected chi connectivity index (χ0v) is 18.5. The fraction of sp³-hybridized carbons (Fsp3) is 0.571. The van der Waals surface area contributed by atoms with Crippen molar-refractivity contribution < 1.29 is 22.8 Å². The van der Waals surface area contributed by atoms with Crippen molar-refractivity contribution in [1.29, 1.82) is 0 Å². The molecular formula is C21H31F2N5O3. The van der Waals surface area contributed by atoms with Crippen LogP contribution in [0.4, 0.5) is 8.78 Å². The summed E-state index contributed by atoms with van der Waals surface area (Å²) in [5, 5.41) is 10.2. The van der Waals surface area contributed by atoms with Gasteiger partial charge in [-0.1, -0.05) is 25.9 Å². The van der Waals surface area contributed by atoms with Crippen molar-refractivity contribution in [3.8, 4) is 11.5 Å². The zero-order valence-electron chi connectivity index (χ0n) is 18.5. The fourth-order valence-electron chi connectivity index (χ4n) is 2.65. The maximum Gasteiger partial charge on any atom is 0.387 e. The molecule has 1 aromatic heterocycles. The third-order valence-corrected chi connectivity index (χ3v) is 4.26. The minimum atomic E-state index is -2.92. The van der Waals surface area contributed by atoms with E-state index in [1.54, 1.807) is 19.2 Å². The third-order valence-electron chi connectivity index (χ3n) is 4.26. The monoisotopic (exact) mass is 439 g/mol. The fourth-order valence-corrected chi connectivity index (χ4v) is 2.65. The van der Waals surface area contributed by atoms with E-state index in [0.717, 1.165) is 12.8 Å². The van der Waals surface area contributed by atoms with Gasteiger partial charge >= 0.3 is 6.61 Å². The van der Waals surface area contributed by atoms with Gasteiger partial charge in [-0.3, -0.25) is 4.99 Å². The molecule has 0 atom stereocenters. The Morgan fingerprint density at radius 3 is 2.71 bits per heavy atom. The Balaban J connectivity index is 1.84. The lowest BCUT2D eigenvalue weighted by Gasteiger charge is -2.15. The van der Waals surface area contributed by atoms with Crippen molar-refractivity contribution in [3.63, 3.8) is 0 Å². The van der Waals surface area contributed by atoms with Crippen molar-refractivity contribution >= 4 is 5.96 Å². The average molecular weight is 440 g/mol. The minimum absolute atomic E-state index is 0.0731. The lowest BCUT2D eigenvalue weighted by Crippen LogP contribution is -2.37. The van der Waals surface area contributed by atoms with Crippen LogP contribution in [-0.2, 0) is 13.0 Å². The molecule has 8 nitrogen and oxygen atoms in total. The highest BCUT2D eigenvalue weighted by atomic mass is 19.3. The average Bonchev–Trinajstić information content (AvgIpc) is 3.21. The Labute approximate surface area is 181 Å².